The summed E-state index contributed by atoms with van der Waals surface area (Å²) in [7, 11) is 0. The summed E-state index contributed by atoms with van der Waals surface area (Å²) < 4.78 is 13.3. The normalized spacial score (nSPS) is 31.1. The van der Waals surface area contributed by atoms with Crippen LogP contribution in [0.5, 0.6) is 0 Å². The van der Waals surface area contributed by atoms with E-state index in [4.69, 9.17) is 20.9 Å². The van der Waals surface area contributed by atoms with Crippen molar-refractivity contribution in [1.82, 2.24) is 4.67 Å². The van der Waals surface area contributed by atoms with E-state index in [1.165, 1.54) is 0 Å². The molecule has 1 rings (SSSR count). The van der Waals surface area contributed by atoms with Crippen molar-refractivity contribution in [3.05, 3.63) is 0 Å². The Bertz CT molecular complexity index is 227. The number of hydrogen-bond donors (Lipinski definition) is 0. The Balaban J connectivity index is 2.80. The summed E-state index contributed by atoms with van der Waals surface area (Å²) in [6, 6.07) is 0. The SMILES string of the molecule is CCO[P@@]1(=S)OCCN1C(C)(C)C. The van der Waals surface area contributed by atoms with Gasteiger partial charge in [0.2, 0.25) is 0 Å². The van der Waals surface area contributed by atoms with Crippen molar-refractivity contribution < 1.29 is 9.05 Å². The summed E-state index contributed by atoms with van der Waals surface area (Å²) in [5.41, 5.74) is 0.0429. The van der Waals surface area contributed by atoms with Crippen LogP contribution in [0.2, 0.25) is 0 Å². The van der Waals surface area contributed by atoms with Crippen LogP contribution in [0, 0.1) is 0 Å². The predicted molar refractivity (Wildman–Crippen MR) is 58.3 cm³/mol. The van der Waals surface area contributed by atoms with Gasteiger partial charge in [-0.15, -0.1) is 0 Å². The number of nitrogens with zero attached hydrogens (tertiary/aromatic N) is 1. The molecule has 0 bridgehead atoms. The number of rotatable bonds is 2. The minimum atomic E-state index is -2.14. The van der Waals surface area contributed by atoms with Gasteiger partial charge in [-0.05, 0) is 39.5 Å². The molecule has 0 aliphatic carbocycles. The zero-order valence-corrected chi connectivity index (χ0v) is 10.5. The minimum Gasteiger partial charge on any atom is -0.318 e. The molecule has 0 spiro atoms. The largest absolute Gasteiger partial charge is 0.318 e. The van der Waals surface area contributed by atoms with Gasteiger partial charge in [0.25, 0.3) is 6.64 Å². The standard InChI is InChI=1S/C8H18NO2PS/c1-5-10-12(13)9(6-7-11-12)8(2,3)4/h5-7H2,1-4H3/t12-/m1/s1. The molecule has 0 radical (unpaired) electrons. The second-order valence-corrected chi connectivity index (χ2v) is 7.33. The zero-order chi connectivity index (χ0) is 10.1. The first-order chi connectivity index (χ1) is 5.90. The van der Waals surface area contributed by atoms with Gasteiger partial charge in [-0.2, -0.15) is 0 Å². The van der Waals surface area contributed by atoms with E-state index in [0.29, 0.717) is 13.2 Å². The maximum absolute atomic E-state index is 5.56. The maximum Gasteiger partial charge on any atom is 0.264 e. The van der Waals surface area contributed by atoms with E-state index in [9.17, 15) is 0 Å². The van der Waals surface area contributed by atoms with Gasteiger partial charge in [-0.1, -0.05) is 0 Å². The Hall–Kier alpha value is 0.530. The Morgan fingerprint density at radius 3 is 2.62 bits per heavy atom. The van der Waals surface area contributed by atoms with E-state index in [1.54, 1.807) is 0 Å². The second kappa shape index (κ2) is 3.95. The molecular weight excluding hydrogens is 205 g/mol. The average Bonchev–Trinajstić information content (AvgIpc) is 2.30. The van der Waals surface area contributed by atoms with Crippen molar-refractivity contribution in [2.24, 2.45) is 0 Å². The fourth-order valence-corrected chi connectivity index (χ4v) is 4.98. The van der Waals surface area contributed by atoms with Crippen LogP contribution >= 0.6 is 6.64 Å². The van der Waals surface area contributed by atoms with Gasteiger partial charge in [-0.25, -0.2) is 4.67 Å². The van der Waals surface area contributed by atoms with Gasteiger partial charge < -0.3 is 9.05 Å². The third kappa shape index (κ3) is 2.51. The fourth-order valence-electron chi connectivity index (χ4n) is 1.41. The second-order valence-electron chi connectivity index (χ2n) is 4.01. The lowest BCUT2D eigenvalue weighted by Crippen LogP contribution is -2.36. The van der Waals surface area contributed by atoms with E-state index < -0.39 is 6.64 Å². The smallest absolute Gasteiger partial charge is 0.264 e. The van der Waals surface area contributed by atoms with Gasteiger partial charge in [0.05, 0.1) is 13.2 Å². The Morgan fingerprint density at radius 2 is 2.15 bits per heavy atom. The molecule has 5 heteroatoms. The van der Waals surface area contributed by atoms with Crippen LogP contribution in [0.15, 0.2) is 0 Å². The molecule has 13 heavy (non-hydrogen) atoms. The highest BCUT2D eigenvalue weighted by atomic mass is 32.5. The van der Waals surface area contributed by atoms with E-state index in [1.807, 2.05) is 6.92 Å². The fraction of sp³-hybridized carbons (Fsp3) is 1.00. The highest BCUT2D eigenvalue weighted by molar-refractivity contribution is 8.08. The average molecular weight is 223 g/mol. The molecule has 3 nitrogen and oxygen atoms in total. The van der Waals surface area contributed by atoms with E-state index in [-0.39, 0.29) is 5.54 Å². The van der Waals surface area contributed by atoms with Gasteiger partial charge in [-0.3, -0.25) is 0 Å². The summed E-state index contributed by atoms with van der Waals surface area (Å²) in [5, 5.41) is 0. The van der Waals surface area contributed by atoms with Crippen molar-refractivity contribution in [1.29, 1.82) is 0 Å². The van der Waals surface area contributed by atoms with E-state index >= 15 is 0 Å². The Kier molecular flexibility index (Phi) is 3.53. The monoisotopic (exact) mass is 223 g/mol. The first-order valence-electron chi connectivity index (χ1n) is 4.57. The molecule has 1 saturated heterocycles. The van der Waals surface area contributed by atoms with Crippen LogP contribution in [0.4, 0.5) is 0 Å². The third-order valence-corrected chi connectivity index (χ3v) is 5.63. The van der Waals surface area contributed by atoms with Crippen LogP contribution in [-0.4, -0.2) is 30.0 Å². The molecule has 78 valence electrons. The van der Waals surface area contributed by atoms with Gasteiger partial charge in [0.15, 0.2) is 0 Å². The molecule has 1 fully saturated rings. The predicted octanol–water partition coefficient (Wildman–Crippen LogP) is 2.38. The molecule has 0 aromatic rings. The van der Waals surface area contributed by atoms with Gasteiger partial charge in [0.1, 0.15) is 0 Å². The van der Waals surface area contributed by atoms with E-state index in [2.05, 4.69) is 25.4 Å². The molecule has 0 amide bonds. The first-order valence-corrected chi connectivity index (χ1v) is 7.16. The molecular formula is C8H18NO2PS. The lowest BCUT2D eigenvalue weighted by molar-refractivity contribution is 0.233. The van der Waals surface area contributed by atoms with Crippen molar-refractivity contribution in [3.8, 4) is 0 Å². The van der Waals surface area contributed by atoms with Crippen LogP contribution in [0.3, 0.4) is 0 Å². The molecule has 0 aromatic heterocycles. The molecule has 1 aliphatic heterocycles. The maximum atomic E-state index is 5.56. The quantitative estimate of drug-likeness (QED) is 0.670. The molecule has 0 saturated carbocycles. The van der Waals surface area contributed by atoms with Crippen molar-refractivity contribution in [2.45, 2.75) is 33.2 Å². The van der Waals surface area contributed by atoms with Gasteiger partial charge >= 0.3 is 0 Å². The van der Waals surface area contributed by atoms with Crippen molar-refractivity contribution >= 4 is 18.4 Å². The summed E-state index contributed by atoms with van der Waals surface area (Å²) in [5.74, 6) is 0. The topological polar surface area (TPSA) is 21.7 Å². The summed E-state index contributed by atoms with van der Waals surface area (Å²) >= 11 is 5.43. The molecule has 0 N–H and O–H groups in total. The van der Waals surface area contributed by atoms with Crippen molar-refractivity contribution in [3.63, 3.8) is 0 Å². The molecule has 1 heterocycles. The summed E-state index contributed by atoms with van der Waals surface area (Å²) in [6.45, 7) is 8.46. The van der Waals surface area contributed by atoms with Crippen LogP contribution in [0.1, 0.15) is 27.7 Å². The van der Waals surface area contributed by atoms with E-state index in [0.717, 1.165) is 6.54 Å². The molecule has 0 unspecified atom stereocenters. The van der Waals surface area contributed by atoms with Crippen molar-refractivity contribution in [2.75, 3.05) is 19.8 Å². The lowest BCUT2D eigenvalue weighted by Gasteiger charge is -2.36. The lowest BCUT2D eigenvalue weighted by atomic mass is 10.1. The van der Waals surface area contributed by atoms with Crippen LogP contribution in [-0.2, 0) is 20.9 Å². The molecule has 0 aromatic carbocycles. The van der Waals surface area contributed by atoms with Crippen LogP contribution in [0.25, 0.3) is 0 Å². The molecule has 1 aliphatic rings. The third-order valence-electron chi connectivity index (χ3n) is 1.92. The first kappa shape index (κ1) is 11.6. The van der Waals surface area contributed by atoms with Crippen LogP contribution < -0.4 is 0 Å². The number of hydrogen-bond acceptors (Lipinski definition) is 3. The Morgan fingerprint density at radius 1 is 1.54 bits per heavy atom. The summed E-state index contributed by atoms with van der Waals surface area (Å²) in [4.78, 5) is 0. The Labute approximate surface area is 85.6 Å². The highest BCUT2D eigenvalue weighted by Crippen LogP contribution is 2.58. The molecule has 1 atom stereocenters. The van der Waals surface area contributed by atoms with Gasteiger partial charge in [0, 0.05) is 12.1 Å². The zero-order valence-electron chi connectivity index (χ0n) is 8.74. The summed E-state index contributed by atoms with van der Waals surface area (Å²) in [6.07, 6.45) is 0. The highest BCUT2D eigenvalue weighted by Gasteiger charge is 2.40. The minimum absolute atomic E-state index is 0.0429.